The SMILES string of the molecule is COC(CNc1cc(Cl)ccc1[N+](=O)[O-])C(=O)O. The number of nitrogens with zero attached hydrogens (tertiary/aromatic N) is 1. The molecule has 0 amide bonds. The first kappa shape index (κ1) is 14.2. The fourth-order valence-electron chi connectivity index (χ4n) is 1.28. The number of carboxylic acids is 1. The molecule has 0 fully saturated rings. The van der Waals surface area contributed by atoms with Crippen LogP contribution >= 0.6 is 11.6 Å². The van der Waals surface area contributed by atoms with E-state index in [9.17, 15) is 14.9 Å². The van der Waals surface area contributed by atoms with Crippen LogP contribution in [0.2, 0.25) is 5.02 Å². The molecule has 0 heterocycles. The average Bonchev–Trinajstić information content (AvgIpc) is 2.29. The van der Waals surface area contributed by atoms with Gasteiger partial charge < -0.3 is 15.2 Å². The van der Waals surface area contributed by atoms with Crippen molar-refractivity contribution in [2.75, 3.05) is 19.0 Å². The highest BCUT2D eigenvalue weighted by atomic mass is 35.5. The second-order valence-corrected chi connectivity index (χ2v) is 3.80. The van der Waals surface area contributed by atoms with Gasteiger partial charge >= 0.3 is 5.97 Å². The number of benzene rings is 1. The minimum atomic E-state index is -1.16. The topological polar surface area (TPSA) is 102 Å². The minimum absolute atomic E-state index is 0.104. The molecule has 8 heteroatoms. The van der Waals surface area contributed by atoms with Gasteiger partial charge in [0.2, 0.25) is 0 Å². The van der Waals surface area contributed by atoms with Crippen molar-refractivity contribution in [2.45, 2.75) is 6.10 Å². The molecule has 0 aliphatic heterocycles. The first-order valence-electron chi connectivity index (χ1n) is 4.89. The molecule has 0 radical (unpaired) electrons. The third kappa shape index (κ3) is 3.57. The molecule has 0 aromatic heterocycles. The first-order chi connectivity index (χ1) is 8.45. The van der Waals surface area contributed by atoms with Crippen LogP contribution in [0.4, 0.5) is 11.4 Å². The molecular weight excluding hydrogens is 264 g/mol. The number of carboxylic acid groups (broad SMARTS) is 1. The highest BCUT2D eigenvalue weighted by molar-refractivity contribution is 6.31. The quantitative estimate of drug-likeness (QED) is 0.605. The van der Waals surface area contributed by atoms with Crippen molar-refractivity contribution in [3.05, 3.63) is 33.3 Å². The number of anilines is 1. The van der Waals surface area contributed by atoms with Gasteiger partial charge in [-0.1, -0.05) is 11.6 Å². The fourth-order valence-corrected chi connectivity index (χ4v) is 1.46. The largest absolute Gasteiger partial charge is 0.479 e. The van der Waals surface area contributed by atoms with Crippen LogP contribution in [0.15, 0.2) is 18.2 Å². The third-order valence-electron chi connectivity index (χ3n) is 2.19. The van der Waals surface area contributed by atoms with Crippen LogP contribution in [-0.2, 0) is 9.53 Å². The van der Waals surface area contributed by atoms with Gasteiger partial charge in [-0.25, -0.2) is 4.79 Å². The van der Waals surface area contributed by atoms with E-state index in [0.29, 0.717) is 5.02 Å². The molecule has 1 unspecified atom stereocenters. The van der Waals surface area contributed by atoms with E-state index in [4.69, 9.17) is 21.4 Å². The fraction of sp³-hybridized carbons (Fsp3) is 0.300. The van der Waals surface area contributed by atoms with E-state index in [1.807, 2.05) is 0 Å². The predicted octanol–water partition coefficient (Wildman–Crippen LogP) is 1.76. The summed E-state index contributed by atoms with van der Waals surface area (Å²) in [4.78, 5) is 20.9. The Balaban J connectivity index is 2.86. The van der Waals surface area contributed by atoms with Crippen LogP contribution in [0.25, 0.3) is 0 Å². The summed E-state index contributed by atoms with van der Waals surface area (Å²) in [6.45, 7) is -0.104. The Labute approximate surface area is 107 Å². The number of hydrogen-bond donors (Lipinski definition) is 2. The second-order valence-electron chi connectivity index (χ2n) is 3.36. The predicted molar refractivity (Wildman–Crippen MR) is 65.0 cm³/mol. The zero-order valence-corrected chi connectivity index (χ0v) is 10.2. The molecule has 0 aliphatic rings. The molecule has 98 valence electrons. The maximum atomic E-state index is 10.8. The van der Waals surface area contributed by atoms with Crippen molar-refractivity contribution in [2.24, 2.45) is 0 Å². The molecule has 1 aromatic carbocycles. The van der Waals surface area contributed by atoms with Gasteiger partial charge in [-0.05, 0) is 12.1 Å². The standard InChI is InChI=1S/C10H11ClN2O5/c1-18-9(10(14)15)5-12-7-4-6(11)2-3-8(7)13(16)17/h2-4,9,12H,5H2,1H3,(H,14,15). The zero-order chi connectivity index (χ0) is 13.7. The van der Waals surface area contributed by atoms with Crippen molar-refractivity contribution in [3.63, 3.8) is 0 Å². The molecule has 1 atom stereocenters. The summed E-state index contributed by atoms with van der Waals surface area (Å²) in [6, 6.07) is 3.98. The van der Waals surface area contributed by atoms with Gasteiger partial charge in [0, 0.05) is 18.2 Å². The molecule has 0 bridgehead atoms. The van der Waals surface area contributed by atoms with Crippen LogP contribution in [0.1, 0.15) is 0 Å². The molecule has 1 aromatic rings. The first-order valence-corrected chi connectivity index (χ1v) is 5.27. The van der Waals surface area contributed by atoms with E-state index in [0.717, 1.165) is 0 Å². The third-order valence-corrected chi connectivity index (χ3v) is 2.43. The van der Waals surface area contributed by atoms with Gasteiger partial charge in [0.05, 0.1) is 11.5 Å². The Morgan fingerprint density at radius 3 is 2.83 bits per heavy atom. The monoisotopic (exact) mass is 274 g/mol. The highest BCUT2D eigenvalue weighted by Crippen LogP contribution is 2.27. The van der Waals surface area contributed by atoms with Gasteiger partial charge in [-0.15, -0.1) is 0 Å². The maximum absolute atomic E-state index is 10.8. The van der Waals surface area contributed by atoms with Crippen LogP contribution in [0, 0.1) is 10.1 Å². The number of nitrogens with one attached hydrogen (secondary N) is 1. The van der Waals surface area contributed by atoms with E-state index in [1.54, 1.807) is 0 Å². The zero-order valence-electron chi connectivity index (χ0n) is 9.42. The number of carbonyl (C=O) groups is 1. The number of rotatable bonds is 6. The van der Waals surface area contributed by atoms with Gasteiger partial charge in [0.25, 0.3) is 5.69 Å². The lowest BCUT2D eigenvalue weighted by molar-refractivity contribution is -0.384. The van der Waals surface area contributed by atoms with Crippen LogP contribution in [0.3, 0.4) is 0 Å². The Hall–Kier alpha value is -1.86. The van der Waals surface area contributed by atoms with Crippen molar-refractivity contribution < 1.29 is 19.6 Å². The molecule has 7 nitrogen and oxygen atoms in total. The molecule has 0 aliphatic carbocycles. The number of nitro benzene ring substituents is 1. The molecule has 2 N–H and O–H groups in total. The lowest BCUT2D eigenvalue weighted by atomic mass is 10.2. The van der Waals surface area contributed by atoms with Gasteiger partial charge in [0.1, 0.15) is 5.69 Å². The second kappa shape index (κ2) is 6.18. The number of ether oxygens (including phenoxy) is 1. The van der Waals surface area contributed by atoms with Crippen molar-refractivity contribution in [1.29, 1.82) is 0 Å². The van der Waals surface area contributed by atoms with Crippen molar-refractivity contribution >= 4 is 28.9 Å². The molecule has 0 saturated heterocycles. The Kier molecular flexibility index (Phi) is 4.87. The number of methoxy groups -OCH3 is 1. The average molecular weight is 275 g/mol. The molecule has 1 rings (SSSR count). The van der Waals surface area contributed by atoms with E-state index in [1.165, 1.54) is 25.3 Å². The van der Waals surface area contributed by atoms with Crippen molar-refractivity contribution in [3.8, 4) is 0 Å². The van der Waals surface area contributed by atoms with E-state index in [-0.39, 0.29) is 17.9 Å². The molecule has 0 saturated carbocycles. The molecule has 18 heavy (non-hydrogen) atoms. The summed E-state index contributed by atoms with van der Waals surface area (Å²) in [7, 11) is 1.24. The minimum Gasteiger partial charge on any atom is -0.479 e. The van der Waals surface area contributed by atoms with E-state index < -0.39 is 17.0 Å². The summed E-state index contributed by atoms with van der Waals surface area (Å²) in [5.74, 6) is -1.16. The van der Waals surface area contributed by atoms with Gasteiger partial charge in [-0.3, -0.25) is 10.1 Å². The number of halogens is 1. The van der Waals surface area contributed by atoms with Crippen LogP contribution < -0.4 is 5.32 Å². The van der Waals surface area contributed by atoms with Crippen molar-refractivity contribution in [1.82, 2.24) is 0 Å². The maximum Gasteiger partial charge on any atom is 0.334 e. The van der Waals surface area contributed by atoms with Crippen LogP contribution in [-0.4, -0.2) is 35.8 Å². The van der Waals surface area contributed by atoms with Gasteiger partial charge in [-0.2, -0.15) is 0 Å². The van der Waals surface area contributed by atoms with E-state index in [2.05, 4.69) is 5.32 Å². The Morgan fingerprint density at radius 2 is 2.33 bits per heavy atom. The summed E-state index contributed by atoms with van der Waals surface area (Å²) < 4.78 is 4.70. The number of nitro groups is 1. The Morgan fingerprint density at radius 1 is 1.67 bits per heavy atom. The molecule has 0 spiro atoms. The van der Waals surface area contributed by atoms with E-state index >= 15 is 0 Å². The number of aliphatic carboxylic acids is 1. The summed E-state index contributed by atoms with van der Waals surface area (Å²) in [5, 5.41) is 22.5. The normalized spacial score (nSPS) is 11.9. The summed E-state index contributed by atoms with van der Waals surface area (Å²) >= 11 is 5.72. The molecular formula is C10H11ClN2O5. The summed E-state index contributed by atoms with van der Waals surface area (Å²) in [5.41, 5.74) is -0.0320. The lowest BCUT2D eigenvalue weighted by Gasteiger charge is -2.12. The van der Waals surface area contributed by atoms with Crippen LogP contribution in [0.5, 0.6) is 0 Å². The lowest BCUT2D eigenvalue weighted by Crippen LogP contribution is -2.30. The smallest absolute Gasteiger partial charge is 0.334 e. The highest BCUT2D eigenvalue weighted by Gasteiger charge is 2.19. The number of hydrogen-bond acceptors (Lipinski definition) is 5. The summed E-state index contributed by atoms with van der Waals surface area (Å²) in [6.07, 6.45) is -1.09. The Bertz CT molecular complexity index is 466. The van der Waals surface area contributed by atoms with Gasteiger partial charge in [0.15, 0.2) is 6.10 Å².